The summed E-state index contributed by atoms with van der Waals surface area (Å²) in [5.41, 5.74) is 12.4. The van der Waals surface area contributed by atoms with Gasteiger partial charge >= 0.3 is 5.97 Å². The minimum Gasteiger partial charge on any atom is -0.481 e. The molecule has 0 aliphatic heterocycles. The molecule has 1 atom stereocenters. The maximum Gasteiger partial charge on any atom is 0.311 e. The lowest BCUT2D eigenvalue weighted by Gasteiger charge is -2.18. The van der Waals surface area contributed by atoms with Gasteiger partial charge in [-0.1, -0.05) is 0 Å². The lowest BCUT2D eigenvalue weighted by atomic mass is 9.88. The van der Waals surface area contributed by atoms with Crippen molar-refractivity contribution in [1.29, 1.82) is 0 Å². The summed E-state index contributed by atoms with van der Waals surface area (Å²) in [7, 11) is 0. The number of hydrogen-bond donors (Lipinski definition) is 3. The number of aliphatic carboxylic acids is 1. The first kappa shape index (κ1) is 11.2. The first-order valence-corrected chi connectivity index (χ1v) is 6.46. The van der Waals surface area contributed by atoms with Crippen LogP contribution in [0, 0.1) is 0 Å². The summed E-state index contributed by atoms with van der Waals surface area (Å²) in [6, 6.07) is 0. The van der Waals surface area contributed by atoms with Gasteiger partial charge in [-0.25, -0.2) is 4.98 Å². The first-order valence-electron chi connectivity index (χ1n) is 5.65. The van der Waals surface area contributed by atoms with Crippen LogP contribution in [0.5, 0.6) is 0 Å². The van der Waals surface area contributed by atoms with E-state index in [4.69, 9.17) is 11.5 Å². The molecular formula is C11H12N4O2S. The highest BCUT2D eigenvalue weighted by molar-refractivity contribution is 7.19. The molecule has 18 heavy (non-hydrogen) atoms. The third kappa shape index (κ3) is 1.51. The number of anilines is 2. The van der Waals surface area contributed by atoms with E-state index in [0.717, 1.165) is 28.7 Å². The van der Waals surface area contributed by atoms with Crippen molar-refractivity contribution in [2.75, 3.05) is 11.5 Å². The molecule has 1 aliphatic rings. The monoisotopic (exact) mass is 264 g/mol. The Bertz CT molecular complexity index is 652. The van der Waals surface area contributed by atoms with Crippen LogP contribution in [-0.4, -0.2) is 21.0 Å². The molecule has 0 fully saturated rings. The summed E-state index contributed by atoms with van der Waals surface area (Å²) in [5.74, 6) is -0.762. The predicted molar refractivity (Wildman–Crippen MR) is 69.6 cm³/mol. The molecule has 0 saturated carbocycles. The van der Waals surface area contributed by atoms with Gasteiger partial charge in [-0.15, -0.1) is 11.3 Å². The Balaban J connectivity index is 2.30. The molecule has 2 aromatic heterocycles. The molecule has 1 unspecified atom stereocenters. The largest absolute Gasteiger partial charge is 0.481 e. The fourth-order valence-electron chi connectivity index (χ4n) is 2.50. The van der Waals surface area contributed by atoms with E-state index in [1.165, 1.54) is 11.3 Å². The third-order valence-corrected chi connectivity index (χ3v) is 4.50. The van der Waals surface area contributed by atoms with Gasteiger partial charge in [0.25, 0.3) is 0 Å². The zero-order chi connectivity index (χ0) is 12.9. The maximum atomic E-state index is 11.3. The molecular weight excluding hydrogens is 252 g/mol. The van der Waals surface area contributed by atoms with E-state index < -0.39 is 11.9 Å². The highest BCUT2D eigenvalue weighted by Crippen LogP contribution is 2.43. The zero-order valence-electron chi connectivity index (χ0n) is 9.51. The van der Waals surface area contributed by atoms with Crippen LogP contribution in [0.1, 0.15) is 29.2 Å². The molecule has 0 bridgehead atoms. The number of nitrogens with zero attached hydrogens (tertiary/aromatic N) is 2. The van der Waals surface area contributed by atoms with Crippen molar-refractivity contribution < 1.29 is 9.90 Å². The zero-order valence-corrected chi connectivity index (χ0v) is 10.3. The van der Waals surface area contributed by atoms with E-state index in [1.54, 1.807) is 0 Å². The third-order valence-electron chi connectivity index (χ3n) is 3.26. The van der Waals surface area contributed by atoms with Gasteiger partial charge < -0.3 is 16.6 Å². The Morgan fingerprint density at radius 1 is 1.39 bits per heavy atom. The fraction of sp³-hybridized carbons (Fsp3) is 0.364. The minimum absolute atomic E-state index is 0.130. The number of aryl methyl sites for hydroxylation is 1. The van der Waals surface area contributed by atoms with Crippen molar-refractivity contribution >= 4 is 39.3 Å². The molecule has 3 rings (SSSR count). The van der Waals surface area contributed by atoms with Crippen LogP contribution < -0.4 is 11.5 Å². The van der Waals surface area contributed by atoms with Crippen molar-refractivity contribution in [3.05, 3.63) is 10.4 Å². The molecule has 7 heteroatoms. The van der Waals surface area contributed by atoms with Crippen molar-refractivity contribution in [2.45, 2.75) is 25.2 Å². The maximum absolute atomic E-state index is 11.3. The Labute approximate surface area is 107 Å². The normalized spacial score (nSPS) is 18.8. The van der Waals surface area contributed by atoms with E-state index >= 15 is 0 Å². The molecule has 2 aromatic rings. The smallest absolute Gasteiger partial charge is 0.311 e. The molecule has 94 valence electrons. The van der Waals surface area contributed by atoms with Crippen molar-refractivity contribution in [1.82, 2.24) is 9.97 Å². The average Bonchev–Trinajstić information content (AvgIpc) is 2.65. The molecule has 2 heterocycles. The Kier molecular flexibility index (Phi) is 2.37. The number of carboxylic acids is 1. The number of aromatic nitrogens is 2. The quantitative estimate of drug-likeness (QED) is 0.716. The lowest BCUT2D eigenvalue weighted by Crippen LogP contribution is -2.16. The topological polar surface area (TPSA) is 115 Å². The van der Waals surface area contributed by atoms with Crippen LogP contribution in [0.4, 0.5) is 11.8 Å². The van der Waals surface area contributed by atoms with Crippen LogP contribution in [0.2, 0.25) is 0 Å². The molecule has 0 amide bonds. The second-order valence-corrected chi connectivity index (χ2v) is 5.41. The predicted octanol–water partition coefficient (Wildman–Crippen LogP) is 1.36. The lowest BCUT2D eigenvalue weighted by molar-refractivity contribution is -0.139. The van der Waals surface area contributed by atoms with Gasteiger partial charge in [0.15, 0.2) is 0 Å². The van der Waals surface area contributed by atoms with Gasteiger partial charge in [-0.2, -0.15) is 4.98 Å². The number of thiophene rings is 1. The molecule has 0 saturated heterocycles. The summed E-state index contributed by atoms with van der Waals surface area (Å²) in [6.07, 6.45) is 2.34. The molecule has 0 aromatic carbocycles. The Hall–Kier alpha value is -1.89. The first-order chi connectivity index (χ1) is 8.58. The molecule has 0 radical (unpaired) electrons. The number of nitrogen functional groups attached to an aromatic ring is 2. The van der Waals surface area contributed by atoms with E-state index in [9.17, 15) is 9.90 Å². The SMILES string of the molecule is Nc1nc(N)c2c3c(sc2n1)C(C(=O)O)CCC3. The molecule has 1 aliphatic carbocycles. The van der Waals surface area contributed by atoms with Gasteiger partial charge in [0.05, 0.1) is 11.3 Å². The summed E-state index contributed by atoms with van der Waals surface area (Å²) < 4.78 is 0. The van der Waals surface area contributed by atoms with Crippen LogP contribution in [-0.2, 0) is 11.2 Å². The fourth-order valence-corrected chi connectivity index (χ4v) is 3.87. The number of hydrogen-bond acceptors (Lipinski definition) is 6. The molecule has 5 N–H and O–H groups in total. The van der Waals surface area contributed by atoms with Gasteiger partial charge in [0, 0.05) is 4.88 Å². The highest BCUT2D eigenvalue weighted by atomic mass is 32.1. The second kappa shape index (κ2) is 3.81. The summed E-state index contributed by atoms with van der Waals surface area (Å²) >= 11 is 1.37. The van der Waals surface area contributed by atoms with E-state index in [2.05, 4.69) is 9.97 Å². The van der Waals surface area contributed by atoms with Gasteiger partial charge in [0.1, 0.15) is 10.6 Å². The van der Waals surface area contributed by atoms with Crippen molar-refractivity contribution in [3.63, 3.8) is 0 Å². The van der Waals surface area contributed by atoms with Crippen LogP contribution in [0.15, 0.2) is 0 Å². The van der Waals surface area contributed by atoms with E-state index in [-0.39, 0.29) is 5.95 Å². The average molecular weight is 264 g/mol. The van der Waals surface area contributed by atoms with Gasteiger partial charge in [0.2, 0.25) is 5.95 Å². The van der Waals surface area contributed by atoms with Crippen molar-refractivity contribution in [3.8, 4) is 0 Å². The Morgan fingerprint density at radius 2 is 2.17 bits per heavy atom. The van der Waals surface area contributed by atoms with Gasteiger partial charge in [-0.05, 0) is 24.8 Å². The van der Waals surface area contributed by atoms with Crippen LogP contribution in [0.3, 0.4) is 0 Å². The van der Waals surface area contributed by atoms with Crippen molar-refractivity contribution in [2.24, 2.45) is 0 Å². The van der Waals surface area contributed by atoms with Crippen LogP contribution >= 0.6 is 11.3 Å². The second-order valence-electron chi connectivity index (χ2n) is 4.38. The van der Waals surface area contributed by atoms with Crippen LogP contribution in [0.25, 0.3) is 10.2 Å². The number of nitrogens with two attached hydrogens (primary N) is 2. The number of carboxylic acid groups (broad SMARTS) is 1. The standard InChI is InChI=1S/C11H12N4O2S/c12-8-6-4-2-1-3-5(10(16)17)7(4)18-9(6)15-11(13)14-8/h5H,1-3H2,(H,16,17)(H4,12,13,14,15). The number of carbonyl (C=O) groups is 1. The number of rotatable bonds is 1. The highest BCUT2D eigenvalue weighted by Gasteiger charge is 2.31. The van der Waals surface area contributed by atoms with E-state index in [0.29, 0.717) is 17.1 Å². The Morgan fingerprint density at radius 3 is 2.89 bits per heavy atom. The van der Waals surface area contributed by atoms with Gasteiger partial charge in [-0.3, -0.25) is 4.79 Å². The minimum atomic E-state index is -0.790. The number of fused-ring (bicyclic) bond motifs is 3. The van der Waals surface area contributed by atoms with E-state index in [1.807, 2.05) is 0 Å². The molecule has 0 spiro atoms. The summed E-state index contributed by atoms with van der Waals surface area (Å²) in [5, 5.41) is 10.0. The summed E-state index contributed by atoms with van der Waals surface area (Å²) in [4.78, 5) is 20.9. The molecule has 6 nitrogen and oxygen atoms in total. The summed E-state index contributed by atoms with van der Waals surface area (Å²) in [6.45, 7) is 0.